The molecule has 0 aromatic rings. The molecule has 0 aromatic heterocycles. The van der Waals surface area contributed by atoms with Gasteiger partial charge in [-0.15, -0.1) is 0 Å². The monoisotopic (exact) mass is 831 g/mol. The summed E-state index contributed by atoms with van der Waals surface area (Å²) >= 11 is 0. The van der Waals surface area contributed by atoms with E-state index in [9.17, 15) is 30.0 Å². The van der Waals surface area contributed by atoms with E-state index in [2.05, 4.69) is 86.8 Å². The van der Waals surface area contributed by atoms with Gasteiger partial charge in [0.15, 0.2) is 12.4 Å². The van der Waals surface area contributed by atoms with Gasteiger partial charge in [0, 0.05) is 12.8 Å². The van der Waals surface area contributed by atoms with Gasteiger partial charge in [-0.2, -0.15) is 0 Å². The summed E-state index contributed by atoms with van der Waals surface area (Å²) in [4.78, 5) is 25.3. The molecular weight excluding hydrogens is 749 g/mol. The number of rotatable bonds is 37. The van der Waals surface area contributed by atoms with Gasteiger partial charge in [-0.3, -0.25) is 9.59 Å². The standard InChI is InChI=1S/C49H82O10/c1-3-5-7-9-11-13-15-17-19-21-23-25-27-29-31-33-35-37-44(51)56-40-42(41-57-49-48(55)47(54)46(53)43(39-50)59-49)58-45(52)38-36-34-32-30-28-26-24-22-20-18-16-14-12-10-8-6-4-2/h8,10,14,16,20,22-23,25-26,28-29,31,42-43,46-50,53-55H,3-7,9,11-13,15,17-19,21,24,27,30,32-41H2,1-2H3/b10-8+,16-14+,22-20+,25-23+,28-26+,31-29+/t42-,43-,46+,47?,48?,49-/m0/s1. The van der Waals surface area contributed by atoms with Crippen molar-refractivity contribution >= 4 is 11.9 Å². The van der Waals surface area contributed by atoms with Crippen LogP contribution < -0.4 is 0 Å². The number of aliphatic hydroxyl groups excluding tert-OH is 4. The van der Waals surface area contributed by atoms with Crippen LogP contribution in [0.1, 0.15) is 168 Å². The molecule has 1 aliphatic heterocycles. The van der Waals surface area contributed by atoms with Crippen LogP contribution in [0, 0.1) is 0 Å². The number of unbranched alkanes of at least 4 members (excludes halogenated alkanes) is 14. The Morgan fingerprint density at radius 2 is 1.00 bits per heavy atom. The van der Waals surface area contributed by atoms with Crippen LogP contribution in [0.15, 0.2) is 72.9 Å². The van der Waals surface area contributed by atoms with Crippen LogP contribution >= 0.6 is 0 Å². The highest BCUT2D eigenvalue weighted by Crippen LogP contribution is 2.22. The fraction of sp³-hybridized carbons (Fsp3) is 0.714. The second kappa shape index (κ2) is 39.3. The molecular formula is C49H82O10. The van der Waals surface area contributed by atoms with Crippen LogP contribution in [0.2, 0.25) is 0 Å². The number of allylic oxidation sites excluding steroid dienone is 12. The first-order valence-electron chi connectivity index (χ1n) is 23.0. The Hall–Kier alpha value is -2.86. The molecule has 0 bridgehead atoms. The van der Waals surface area contributed by atoms with Crippen LogP contribution in [-0.2, 0) is 28.5 Å². The highest BCUT2D eigenvalue weighted by molar-refractivity contribution is 5.70. The number of esters is 2. The summed E-state index contributed by atoms with van der Waals surface area (Å²) in [5.74, 6) is -0.901. The van der Waals surface area contributed by atoms with Crippen molar-refractivity contribution in [3.8, 4) is 0 Å². The molecule has 4 N–H and O–H groups in total. The lowest BCUT2D eigenvalue weighted by Gasteiger charge is -2.39. The number of carbonyl (C=O) groups is 2. The van der Waals surface area contributed by atoms with Crippen molar-refractivity contribution < 1.29 is 49.0 Å². The van der Waals surface area contributed by atoms with Crippen LogP contribution in [0.4, 0.5) is 0 Å². The minimum atomic E-state index is -1.61. The molecule has 59 heavy (non-hydrogen) atoms. The van der Waals surface area contributed by atoms with Crippen molar-refractivity contribution in [1.29, 1.82) is 0 Å². The quantitative estimate of drug-likeness (QED) is 0.0271. The maximum atomic E-state index is 12.8. The highest BCUT2D eigenvalue weighted by Gasteiger charge is 2.44. The summed E-state index contributed by atoms with van der Waals surface area (Å²) in [6.07, 6.45) is 42.0. The number of aliphatic hydroxyl groups is 4. The van der Waals surface area contributed by atoms with Crippen LogP contribution in [0.3, 0.4) is 0 Å². The number of hydrogen-bond donors (Lipinski definition) is 4. The molecule has 10 nitrogen and oxygen atoms in total. The molecule has 1 aliphatic rings. The smallest absolute Gasteiger partial charge is 0.306 e. The fourth-order valence-corrected chi connectivity index (χ4v) is 6.39. The first kappa shape index (κ1) is 54.2. The van der Waals surface area contributed by atoms with E-state index < -0.39 is 55.4 Å². The Morgan fingerprint density at radius 1 is 0.525 bits per heavy atom. The first-order chi connectivity index (χ1) is 28.8. The van der Waals surface area contributed by atoms with Gasteiger partial charge in [-0.25, -0.2) is 0 Å². The average Bonchev–Trinajstić information content (AvgIpc) is 3.23. The minimum Gasteiger partial charge on any atom is -0.462 e. The summed E-state index contributed by atoms with van der Waals surface area (Å²) in [5, 5.41) is 40.1. The Labute approximate surface area is 357 Å². The summed E-state index contributed by atoms with van der Waals surface area (Å²) in [6, 6.07) is 0. The van der Waals surface area contributed by atoms with Gasteiger partial charge in [0.05, 0.1) is 13.2 Å². The van der Waals surface area contributed by atoms with Gasteiger partial charge in [-0.05, 0) is 77.0 Å². The molecule has 2 unspecified atom stereocenters. The number of ether oxygens (including phenoxy) is 4. The molecule has 1 saturated heterocycles. The van der Waals surface area contributed by atoms with Crippen LogP contribution in [-0.4, -0.2) is 89.0 Å². The Bertz CT molecular complexity index is 1190. The topological polar surface area (TPSA) is 152 Å². The van der Waals surface area contributed by atoms with Crippen molar-refractivity contribution in [2.24, 2.45) is 0 Å². The average molecular weight is 831 g/mol. The molecule has 0 aromatic carbocycles. The Balaban J connectivity index is 2.39. The zero-order valence-corrected chi connectivity index (χ0v) is 36.7. The first-order valence-corrected chi connectivity index (χ1v) is 23.0. The summed E-state index contributed by atoms with van der Waals surface area (Å²) < 4.78 is 22.1. The predicted molar refractivity (Wildman–Crippen MR) is 238 cm³/mol. The molecule has 1 heterocycles. The molecule has 0 aliphatic carbocycles. The highest BCUT2D eigenvalue weighted by atomic mass is 16.7. The van der Waals surface area contributed by atoms with E-state index >= 15 is 0 Å². The van der Waals surface area contributed by atoms with E-state index in [0.29, 0.717) is 12.8 Å². The van der Waals surface area contributed by atoms with Gasteiger partial charge in [0.2, 0.25) is 0 Å². The third-order valence-corrected chi connectivity index (χ3v) is 10.0. The third-order valence-electron chi connectivity index (χ3n) is 10.0. The van der Waals surface area contributed by atoms with Crippen molar-refractivity contribution in [2.75, 3.05) is 19.8 Å². The second-order valence-corrected chi connectivity index (χ2v) is 15.5. The van der Waals surface area contributed by atoms with E-state index in [0.717, 1.165) is 64.2 Å². The number of carbonyl (C=O) groups excluding carboxylic acids is 2. The van der Waals surface area contributed by atoms with E-state index in [1.165, 1.54) is 64.2 Å². The molecule has 6 atom stereocenters. The molecule has 0 spiro atoms. The maximum absolute atomic E-state index is 12.8. The van der Waals surface area contributed by atoms with E-state index in [-0.39, 0.29) is 26.1 Å². The van der Waals surface area contributed by atoms with Gasteiger partial charge < -0.3 is 39.4 Å². The normalized spacial score (nSPS) is 20.7. The summed E-state index contributed by atoms with van der Waals surface area (Å²) in [7, 11) is 0. The fourth-order valence-electron chi connectivity index (χ4n) is 6.39. The Kier molecular flexibility index (Phi) is 36.1. The largest absolute Gasteiger partial charge is 0.462 e. The van der Waals surface area contributed by atoms with Crippen LogP contribution in [0.25, 0.3) is 0 Å². The molecule has 0 saturated carbocycles. The summed E-state index contributed by atoms with van der Waals surface area (Å²) in [5.41, 5.74) is 0. The zero-order valence-electron chi connectivity index (χ0n) is 36.7. The molecule has 338 valence electrons. The van der Waals surface area contributed by atoms with Gasteiger partial charge in [0.1, 0.15) is 31.0 Å². The molecule has 0 amide bonds. The molecule has 1 rings (SSSR count). The lowest BCUT2D eigenvalue weighted by Crippen LogP contribution is -2.59. The van der Waals surface area contributed by atoms with E-state index in [1.807, 2.05) is 0 Å². The SMILES string of the molecule is CCC/C=C/C/C=C/C/C=C/C/C=C/CCCCCC(=O)O[C@@H](COC(=O)CCC/C=C/C/C=C/CCCCCCCCCCC)CO[C@H]1O[C@@H](CO)[C@@H](O)C(O)C1O. The van der Waals surface area contributed by atoms with Gasteiger partial charge >= 0.3 is 11.9 Å². The predicted octanol–water partition coefficient (Wildman–Crippen LogP) is 10.00. The van der Waals surface area contributed by atoms with Gasteiger partial charge in [-0.1, -0.05) is 151 Å². The third kappa shape index (κ3) is 30.8. The zero-order chi connectivity index (χ0) is 43.0. The van der Waals surface area contributed by atoms with Crippen molar-refractivity contribution in [2.45, 2.75) is 205 Å². The second-order valence-electron chi connectivity index (χ2n) is 15.5. The number of hydrogen-bond acceptors (Lipinski definition) is 10. The lowest BCUT2D eigenvalue weighted by atomic mass is 9.99. The van der Waals surface area contributed by atoms with Crippen molar-refractivity contribution in [3.63, 3.8) is 0 Å². The summed E-state index contributed by atoms with van der Waals surface area (Å²) in [6.45, 7) is 3.27. The van der Waals surface area contributed by atoms with Crippen molar-refractivity contribution in [1.82, 2.24) is 0 Å². The van der Waals surface area contributed by atoms with E-state index in [1.54, 1.807) is 0 Å². The molecule has 10 heteroatoms. The molecule has 0 radical (unpaired) electrons. The van der Waals surface area contributed by atoms with Crippen molar-refractivity contribution in [3.05, 3.63) is 72.9 Å². The minimum absolute atomic E-state index is 0.180. The lowest BCUT2D eigenvalue weighted by molar-refractivity contribution is -0.305. The van der Waals surface area contributed by atoms with E-state index in [4.69, 9.17) is 18.9 Å². The molecule has 1 fully saturated rings. The Morgan fingerprint density at radius 3 is 1.54 bits per heavy atom. The van der Waals surface area contributed by atoms with Crippen LogP contribution in [0.5, 0.6) is 0 Å². The van der Waals surface area contributed by atoms with Gasteiger partial charge in [0.25, 0.3) is 0 Å². The maximum Gasteiger partial charge on any atom is 0.306 e.